The Labute approximate surface area is 184 Å². The number of benzene rings is 1. The summed E-state index contributed by atoms with van der Waals surface area (Å²) < 4.78 is 90.6. The lowest BCUT2D eigenvalue weighted by Crippen LogP contribution is -2.24. The molecular weight excluding hydrogens is 471 g/mol. The smallest absolute Gasteiger partial charge is 0.346 e. The predicted molar refractivity (Wildman–Crippen MR) is 104 cm³/mol. The standard InChI is InChI=1S/C20H15F5N4O3S/c1-19(21,22)18-28-9-12(10-29-18)17(30)27-11-14-8-16(5-6-26-14)33(31,32)15-4-2-3-13(7-15)20(23,24)25/h2-10H,11H2,1H3,(H,27,30). The van der Waals surface area contributed by atoms with E-state index in [0.29, 0.717) is 13.0 Å². The number of nitrogens with one attached hydrogen (secondary N) is 1. The van der Waals surface area contributed by atoms with E-state index in [-0.39, 0.29) is 22.7 Å². The average Bonchev–Trinajstić information content (AvgIpc) is 2.76. The Bertz CT molecular complexity index is 1270. The number of alkyl halides is 5. The third kappa shape index (κ3) is 5.66. The van der Waals surface area contributed by atoms with Crippen molar-refractivity contribution >= 4 is 15.7 Å². The van der Waals surface area contributed by atoms with Gasteiger partial charge in [0.25, 0.3) is 5.91 Å². The van der Waals surface area contributed by atoms with Gasteiger partial charge in [-0.05, 0) is 30.3 Å². The maximum Gasteiger partial charge on any atom is 0.416 e. The number of sulfone groups is 1. The zero-order valence-corrected chi connectivity index (χ0v) is 17.6. The molecule has 0 unspecified atom stereocenters. The molecule has 3 aromatic rings. The minimum absolute atomic E-state index is 0.0917. The molecule has 0 aliphatic rings. The van der Waals surface area contributed by atoms with Gasteiger partial charge in [0.15, 0.2) is 5.82 Å². The molecule has 0 radical (unpaired) electrons. The number of amides is 1. The van der Waals surface area contributed by atoms with E-state index in [1.807, 2.05) is 0 Å². The molecule has 1 amide bonds. The monoisotopic (exact) mass is 486 g/mol. The van der Waals surface area contributed by atoms with Crippen LogP contribution in [0, 0.1) is 0 Å². The highest BCUT2D eigenvalue weighted by molar-refractivity contribution is 7.91. The zero-order valence-electron chi connectivity index (χ0n) is 16.8. The van der Waals surface area contributed by atoms with E-state index < -0.39 is 44.1 Å². The molecule has 2 heterocycles. The lowest BCUT2D eigenvalue weighted by Gasteiger charge is -2.11. The Hall–Kier alpha value is -3.48. The van der Waals surface area contributed by atoms with Crippen LogP contribution in [-0.2, 0) is 28.5 Å². The van der Waals surface area contributed by atoms with Crippen LogP contribution < -0.4 is 5.32 Å². The van der Waals surface area contributed by atoms with Gasteiger partial charge in [-0.1, -0.05) is 6.07 Å². The molecule has 1 aromatic carbocycles. The summed E-state index contributed by atoms with van der Waals surface area (Å²) >= 11 is 0. The Balaban J connectivity index is 1.77. The number of carbonyl (C=O) groups is 1. The molecule has 0 saturated heterocycles. The van der Waals surface area contributed by atoms with Crippen molar-refractivity contribution in [2.45, 2.75) is 35.4 Å². The zero-order chi connectivity index (χ0) is 24.4. The minimum Gasteiger partial charge on any atom is -0.346 e. The van der Waals surface area contributed by atoms with E-state index in [1.54, 1.807) is 0 Å². The number of halogens is 5. The van der Waals surface area contributed by atoms with Gasteiger partial charge in [0.1, 0.15) is 0 Å². The molecule has 3 rings (SSSR count). The van der Waals surface area contributed by atoms with Crippen molar-refractivity contribution in [1.29, 1.82) is 0 Å². The van der Waals surface area contributed by atoms with Gasteiger partial charge in [-0.3, -0.25) is 9.78 Å². The summed E-state index contributed by atoms with van der Waals surface area (Å²) in [5.41, 5.74) is -1.14. The molecule has 0 atom stereocenters. The van der Waals surface area contributed by atoms with Crippen LogP contribution in [0.2, 0.25) is 0 Å². The second-order valence-corrected chi connectivity index (χ2v) is 8.83. The summed E-state index contributed by atoms with van der Waals surface area (Å²) in [6.07, 6.45) is -1.76. The summed E-state index contributed by atoms with van der Waals surface area (Å²) in [7, 11) is -4.30. The fourth-order valence-corrected chi connectivity index (χ4v) is 3.98. The van der Waals surface area contributed by atoms with Gasteiger partial charge >= 0.3 is 12.1 Å². The summed E-state index contributed by atoms with van der Waals surface area (Å²) in [6.45, 7) is 0.352. The van der Waals surface area contributed by atoms with E-state index in [1.165, 1.54) is 0 Å². The normalized spacial score (nSPS) is 12.4. The number of rotatable bonds is 6. The van der Waals surface area contributed by atoms with Crippen LogP contribution in [0.4, 0.5) is 22.0 Å². The third-order valence-corrected chi connectivity index (χ3v) is 6.06. The molecule has 0 spiro atoms. The van der Waals surface area contributed by atoms with Crippen molar-refractivity contribution in [3.05, 3.63) is 77.6 Å². The minimum atomic E-state index is -4.71. The highest BCUT2D eigenvalue weighted by Crippen LogP contribution is 2.32. The van der Waals surface area contributed by atoms with Crippen LogP contribution in [0.5, 0.6) is 0 Å². The summed E-state index contributed by atoms with van der Waals surface area (Å²) in [4.78, 5) is 22.1. The van der Waals surface area contributed by atoms with Crippen molar-refractivity contribution in [2.24, 2.45) is 0 Å². The highest BCUT2D eigenvalue weighted by atomic mass is 32.2. The van der Waals surface area contributed by atoms with Crippen molar-refractivity contribution in [2.75, 3.05) is 0 Å². The SMILES string of the molecule is CC(F)(F)c1ncc(C(=O)NCc2cc(S(=O)(=O)c3cccc(C(F)(F)F)c3)ccn2)cn1. The van der Waals surface area contributed by atoms with Crippen LogP contribution >= 0.6 is 0 Å². The summed E-state index contributed by atoms with van der Waals surface area (Å²) in [5, 5.41) is 2.41. The largest absolute Gasteiger partial charge is 0.416 e. The summed E-state index contributed by atoms with van der Waals surface area (Å²) in [5.74, 6) is -4.76. The molecule has 0 fully saturated rings. The first-order chi connectivity index (χ1) is 15.3. The molecule has 33 heavy (non-hydrogen) atoms. The molecule has 13 heteroatoms. The Kier molecular flexibility index (Phi) is 6.45. The van der Waals surface area contributed by atoms with Crippen LogP contribution in [-0.4, -0.2) is 29.3 Å². The maximum absolute atomic E-state index is 13.2. The molecule has 1 N–H and O–H groups in total. The Morgan fingerprint density at radius 3 is 2.21 bits per heavy atom. The molecule has 174 valence electrons. The Morgan fingerprint density at radius 2 is 1.61 bits per heavy atom. The van der Waals surface area contributed by atoms with Crippen LogP contribution in [0.1, 0.15) is 34.4 Å². The van der Waals surface area contributed by atoms with E-state index in [2.05, 4.69) is 20.3 Å². The van der Waals surface area contributed by atoms with Gasteiger partial charge in [-0.25, -0.2) is 18.4 Å². The van der Waals surface area contributed by atoms with Crippen LogP contribution in [0.3, 0.4) is 0 Å². The molecule has 0 aliphatic heterocycles. The molecule has 0 aliphatic carbocycles. The first-order valence-electron chi connectivity index (χ1n) is 9.14. The molecular formula is C20H15F5N4O3S. The van der Waals surface area contributed by atoms with Crippen molar-refractivity contribution in [3.63, 3.8) is 0 Å². The number of nitrogens with zero attached hydrogens (tertiary/aromatic N) is 3. The van der Waals surface area contributed by atoms with Gasteiger partial charge in [-0.15, -0.1) is 0 Å². The van der Waals surface area contributed by atoms with E-state index in [9.17, 15) is 35.2 Å². The number of hydrogen-bond acceptors (Lipinski definition) is 6. The van der Waals surface area contributed by atoms with Crippen molar-refractivity contribution < 1.29 is 35.2 Å². The molecule has 2 aromatic heterocycles. The van der Waals surface area contributed by atoms with Gasteiger partial charge < -0.3 is 5.32 Å². The van der Waals surface area contributed by atoms with Crippen LogP contribution in [0.15, 0.2) is 64.8 Å². The lowest BCUT2D eigenvalue weighted by molar-refractivity contribution is -0.137. The van der Waals surface area contributed by atoms with E-state index in [4.69, 9.17) is 0 Å². The number of hydrogen-bond donors (Lipinski definition) is 1. The summed E-state index contributed by atoms with van der Waals surface area (Å²) in [6, 6.07) is 5.52. The molecule has 7 nitrogen and oxygen atoms in total. The van der Waals surface area contributed by atoms with Gasteiger partial charge in [-0.2, -0.15) is 22.0 Å². The second kappa shape index (κ2) is 8.81. The maximum atomic E-state index is 13.2. The fraction of sp³-hybridized carbons (Fsp3) is 0.200. The van der Waals surface area contributed by atoms with E-state index in [0.717, 1.165) is 48.9 Å². The third-order valence-electron chi connectivity index (χ3n) is 4.31. The van der Waals surface area contributed by atoms with Crippen molar-refractivity contribution in [1.82, 2.24) is 20.3 Å². The first-order valence-corrected chi connectivity index (χ1v) is 10.6. The predicted octanol–water partition coefficient (Wildman–Crippen LogP) is 3.76. The number of aromatic nitrogens is 3. The Morgan fingerprint density at radius 1 is 0.970 bits per heavy atom. The topological polar surface area (TPSA) is 102 Å². The second-order valence-electron chi connectivity index (χ2n) is 6.88. The highest BCUT2D eigenvalue weighted by Gasteiger charge is 2.32. The van der Waals surface area contributed by atoms with Gasteiger partial charge in [0.2, 0.25) is 9.84 Å². The number of carbonyl (C=O) groups excluding carboxylic acids is 1. The number of pyridine rings is 1. The quantitative estimate of drug-likeness (QED) is 0.533. The van der Waals surface area contributed by atoms with Gasteiger partial charge in [0, 0.05) is 25.5 Å². The fourth-order valence-electron chi connectivity index (χ4n) is 2.64. The molecule has 0 bridgehead atoms. The average molecular weight is 486 g/mol. The van der Waals surface area contributed by atoms with Crippen LogP contribution in [0.25, 0.3) is 0 Å². The van der Waals surface area contributed by atoms with E-state index >= 15 is 0 Å². The first kappa shape index (κ1) is 24.2. The lowest BCUT2D eigenvalue weighted by atomic mass is 10.2. The molecule has 0 saturated carbocycles. The van der Waals surface area contributed by atoms with Gasteiger partial charge in [0.05, 0.1) is 33.2 Å². The van der Waals surface area contributed by atoms with Crippen molar-refractivity contribution in [3.8, 4) is 0 Å².